The first kappa shape index (κ1) is 16.7. The summed E-state index contributed by atoms with van der Waals surface area (Å²) in [6, 6.07) is 9.31. The molecule has 2 aromatic rings. The fourth-order valence-corrected chi connectivity index (χ4v) is 5.44. The summed E-state index contributed by atoms with van der Waals surface area (Å²) in [6.07, 6.45) is 1.88. The highest BCUT2D eigenvalue weighted by Crippen LogP contribution is 2.48. The molecule has 4 heterocycles. The van der Waals surface area contributed by atoms with Gasteiger partial charge in [-0.3, -0.25) is 9.98 Å². The van der Waals surface area contributed by atoms with E-state index in [0.717, 1.165) is 12.2 Å². The van der Waals surface area contributed by atoms with Gasteiger partial charge in [0.25, 0.3) is 0 Å². The van der Waals surface area contributed by atoms with Crippen LogP contribution in [0.15, 0.2) is 35.5 Å². The van der Waals surface area contributed by atoms with Crippen LogP contribution in [-0.4, -0.2) is 31.4 Å². The first-order valence-corrected chi connectivity index (χ1v) is 9.95. The number of aliphatic imine (C=N–C) groups is 1. The van der Waals surface area contributed by atoms with Gasteiger partial charge in [0.1, 0.15) is 6.04 Å². The molecule has 1 saturated heterocycles. The van der Waals surface area contributed by atoms with Crippen molar-refractivity contribution in [2.75, 3.05) is 6.54 Å². The summed E-state index contributed by atoms with van der Waals surface area (Å²) in [5.74, 6) is 0. The van der Waals surface area contributed by atoms with E-state index in [-0.39, 0.29) is 12.1 Å². The Morgan fingerprint density at radius 1 is 1.24 bits per heavy atom. The van der Waals surface area contributed by atoms with E-state index < -0.39 is 0 Å². The van der Waals surface area contributed by atoms with Gasteiger partial charge in [-0.15, -0.1) is 0 Å². The van der Waals surface area contributed by atoms with Crippen molar-refractivity contribution in [3.8, 4) is 0 Å². The Morgan fingerprint density at radius 3 is 2.68 bits per heavy atom. The van der Waals surface area contributed by atoms with Crippen LogP contribution in [0.25, 0.3) is 0 Å². The zero-order valence-corrected chi connectivity index (χ0v) is 16.4. The van der Waals surface area contributed by atoms with Gasteiger partial charge in [-0.25, -0.2) is 0 Å². The fraction of sp³-hybridized carbons (Fsp3) is 0.500. The average molecular weight is 355 g/mol. The standard InChI is InChI=1S/C20H26N4S/c1-12(2)24-13(3)10-16(15(24)5)19-18(17-8-6-7-9-21-17)22-20-23(19)11-14(4)25-20/h6-10,12,14,18-19H,11H2,1-5H3/t14-,18-,19-/m1/s1. The number of pyridine rings is 1. The Bertz CT molecular complexity index is 809. The minimum absolute atomic E-state index is 0.0808. The summed E-state index contributed by atoms with van der Waals surface area (Å²) in [6.45, 7) is 12.3. The molecule has 2 aliphatic rings. The van der Waals surface area contributed by atoms with Crippen LogP contribution < -0.4 is 0 Å². The van der Waals surface area contributed by atoms with Crippen molar-refractivity contribution in [1.82, 2.24) is 14.5 Å². The van der Waals surface area contributed by atoms with Crippen molar-refractivity contribution in [3.05, 3.63) is 53.1 Å². The lowest BCUT2D eigenvalue weighted by molar-refractivity contribution is 0.319. The molecular formula is C20H26N4S. The minimum Gasteiger partial charge on any atom is -0.346 e. The van der Waals surface area contributed by atoms with Gasteiger partial charge in [0.15, 0.2) is 5.17 Å². The normalized spacial score (nSPS) is 25.6. The lowest BCUT2D eigenvalue weighted by Crippen LogP contribution is -2.29. The average Bonchev–Trinajstić information content (AvgIpc) is 3.18. The third-order valence-electron chi connectivity index (χ3n) is 5.24. The van der Waals surface area contributed by atoms with Crippen LogP contribution in [0.5, 0.6) is 0 Å². The molecule has 132 valence electrons. The van der Waals surface area contributed by atoms with Crippen LogP contribution in [0.2, 0.25) is 0 Å². The molecule has 2 aromatic heterocycles. The first-order chi connectivity index (χ1) is 12.0. The number of rotatable bonds is 3. The van der Waals surface area contributed by atoms with Crippen LogP contribution in [0.4, 0.5) is 0 Å². The molecule has 0 amide bonds. The molecule has 0 bridgehead atoms. The summed E-state index contributed by atoms with van der Waals surface area (Å²) in [5.41, 5.74) is 5.15. The highest BCUT2D eigenvalue weighted by molar-refractivity contribution is 8.14. The first-order valence-electron chi connectivity index (χ1n) is 9.07. The van der Waals surface area contributed by atoms with Gasteiger partial charge in [0.05, 0.1) is 11.7 Å². The molecule has 25 heavy (non-hydrogen) atoms. The molecule has 4 rings (SSSR count). The van der Waals surface area contributed by atoms with Crippen LogP contribution in [0.3, 0.4) is 0 Å². The summed E-state index contributed by atoms with van der Waals surface area (Å²) in [7, 11) is 0. The molecule has 0 spiro atoms. The molecule has 5 heteroatoms. The third-order valence-corrected chi connectivity index (χ3v) is 6.34. The van der Waals surface area contributed by atoms with E-state index in [4.69, 9.17) is 4.99 Å². The van der Waals surface area contributed by atoms with E-state index in [1.165, 1.54) is 22.1 Å². The summed E-state index contributed by atoms with van der Waals surface area (Å²) in [5, 5.41) is 1.78. The van der Waals surface area contributed by atoms with E-state index in [1.807, 2.05) is 24.0 Å². The Balaban J connectivity index is 1.82. The van der Waals surface area contributed by atoms with Gasteiger partial charge < -0.3 is 9.47 Å². The number of fused-ring (bicyclic) bond motifs is 1. The van der Waals surface area contributed by atoms with Gasteiger partial charge in [0.2, 0.25) is 0 Å². The second-order valence-electron chi connectivity index (χ2n) is 7.43. The number of thioether (sulfide) groups is 1. The molecule has 1 fully saturated rings. The second-order valence-corrected chi connectivity index (χ2v) is 8.83. The molecule has 2 aliphatic heterocycles. The van der Waals surface area contributed by atoms with Crippen molar-refractivity contribution in [3.63, 3.8) is 0 Å². The number of amidine groups is 1. The smallest absolute Gasteiger partial charge is 0.160 e. The van der Waals surface area contributed by atoms with Gasteiger partial charge in [-0.05, 0) is 51.5 Å². The lowest BCUT2D eigenvalue weighted by Gasteiger charge is -2.27. The number of aryl methyl sites for hydroxylation is 1. The highest BCUT2D eigenvalue weighted by atomic mass is 32.2. The van der Waals surface area contributed by atoms with Crippen LogP contribution in [-0.2, 0) is 0 Å². The molecule has 0 N–H and O–H groups in total. The number of nitrogens with zero attached hydrogens (tertiary/aromatic N) is 4. The van der Waals surface area contributed by atoms with Crippen molar-refractivity contribution in [1.29, 1.82) is 0 Å². The van der Waals surface area contributed by atoms with Gasteiger partial charge in [-0.2, -0.15) is 0 Å². The molecule has 3 atom stereocenters. The van der Waals surface area contributed by atoms with E-state index in [1.54, 1.807) is 0 Å². The van der Waals surface area contributed by atoms with Crippen LogP contribution >= 0.6 is 11.8 Å². The number of hydrogen-bond donors (Lipinski definition) is 0. The molecule has 0 radical (unpaired) electrons. The fourth-order valence-electron chi connectivity index (χ4n) is 4.35. The number of hydrogen-bond acceptors (Lipinski definition) is 4. The zero-order chi connectivity index (χ0) is 17.7. The van der Waals surface area contributed by atoms with E-state index >= 15 is 0 Å². The quantitative estimate of drug-likeness (QED) is 0.803. The van der Waals surface area contributed by atoms with E-state index in [9.17, 15) is 0 Å². The largest absolute Gasteiger partial charge is 0.346 e. The Kier molecular flexibility index (Phi) is 4.14. The lowest BCUT2D eigenvalue weighted by atomic mass is 9.96. The summed E-state index contributed by atoms with van der Waals surface area (Å²) >= 11 is 1.90. The van der Waals surface area contributed by atoms with Gasteiger partial charge in [-0.1, -0.05) is 24.8 Å². The van der Waals surface area contributed by atoms with Crippen molar-refractivity contribution >= 4 is 16.9 Å². The van der Waals surface area contributed by atoms with E-state index in [2.05, 4.69) is 67.3 Å². The van der Waals surface area contributed by atoms with Crippen LogP contribution in [0.1, 0.15) is 61.5 Å². The Hall–Kier alpha value is -1.75. The molecule has 4 nitrogen and oxygen atoms in total. The van der Waals surface area contributed by atoms with Crippen molar-refractivity contribution in [2.45, 2.75) is 58.0 Å². The predicted octanol–water partition coefficient (Wildman–Crippen LogP) is 4.67. The maximum atomic E-state index is 5.09. The topological polar surface area (TPSA) is 33.4 Å². The Labute approximate surface area is 154 Å². The third kappa shape index (κ3) is 2.69. The molecular weight excluding hydrogens is 328 g/mol. The van der Waals surface area contributed by atoms with Crippen molar-refractivity contribution < 1.29 is 0 Å². The zero-order valence-electron chi connectivity index (χ0n) is 15.6. The monoisotopic (exact) mass is 354 g/mol. The molecule has 0 aromatic carbocycles. The van der Waals surface area contributed by atoms with Crippen molar-refractivity contribution in [2.24, 2.45) is 4.99 Å². The van der Waals surface area contributed by atoms with Gasteiger partial charge >= 0.3 is 0 Å². The Morgan fingerprint density at radius 2 is 2.04 bits per heavy atom. The minimum atomic E-state index is 0.0808. The predicted molar refractivity (Wildman–Crippen MR) is 105 cm³/mol. The second kappa shape index (κ2) is 6.20. The SMILES string of the molecule is Cc1cc([C@@H]2[C@@H](c3ccccn3)N=C3S[C@H](C)CN32)c(C)n1C(C)C. The van der Waals surface area contributed by atoms with Crippen LogP contribution in [0, 0.1) is 13.8 Å². The molecule has 0 unspecified atom stereocenters. The maximum Gasteiger partial charge on any atom is 0.160 e. The molecule has 0 aliphatic carbocycles. The molecule has 0 saturated carbocycles. The summed E-state index contributed by atoms with van der Waals surface area (Å²) in [4.78, 5) is 12.2. The number of aromatic nitrogens is 2. The van der Waals surface area contributed by atoms with E-state index in [0.29, 0.717) is 11.3 Å². The van der Waals surface area contributed by atoms with Gasteiger partial charge in [0, 0.05) is 35.4 Å². The highest BCUT2D eigenvalue weighted by Gasteiger charge is 2.44. The maximum absolute atomic E-state index is 5.09. The summed E-state index contributed by atoms with van der Waals surface area (Å²) < 4.78 is 2.44.